The summed E-state index contributed by atoms with van der Waals surface area (Å²) in [5, 5.41) is 7.68. The molecule has 2 aromatic rings. The summed E-state index contributed by atoms with van der Waals surface area (Å²) >= 11 is 0. The summed E-state index contributed by atoms with van der Waals surface area (Å²) < 4.78 is 11.6. The fourth-order valence-electron chi connectivity index (χ4n) is 3.38. The van der Waals surface area contributed by atoms with E-state index in [4.69, 9.17) is 9.15 Å². The van der Waals surface area contributed by atoms with E-state index in [-0.39, 0.29) is 5.60 Å². The normalized spacial score (nSPS) is 21.0. The molecule has 21 heavy (non-hydrogen) atoms. The van der Waals surface area contributed by atoms with E-state index < -0.39 is 0 Å². The van der Waals surface area contributed by atoms with Crippen LogP contribution >= 0.6 is 0 Å². The Morgan fingerprint density at radius 3 is 2.81 bits per heavy atom. The molecule has 110 valence electrons. The number of para-hydroxylation sites is 1. The van der Waals surface area contributed by atoms with Crippen molar-refractivity contribution in [2.75, 3.05) is 13.1 Å². The van der Waals surface area contributed by atoms with E-state index in [1.165, 1.54) is 12.0 Å². The molecule has 3 heterocycles. The summed E-state index contributed by atoms with van der Waals surface area (Å²) in [5.41, 5.74) is 1.37. The second-order valence-corrected chi connectivity index (χ2v) is 6.00. The summed E-state index contributed by atoms with van der Waals surface area (Å²) in [4.78, 5) is 2.36. The quantitative estimate of drug-likeness (QED) is 0.848. The lowest BCUT2D eigenvalue weighted by Gasteiger charge is -2.44. The van der Waals surface area contributed by atoms with Crippen molar-refractivity contribution in [3.05, 3.63) is 42.1 Å². The first-order valence-electron chi connectivity index (χ1n) is 7.57. The molecule has 1 spiro atoms. The standard InChI is InChI=1S/C16H19N3O2/c1-2-4-14-13(3-1)5-6-16(21-14)7-9-19(10-8-16)11-15-18-17-12-20-15/h1-4,12H,5-11H2. The van der Waals surface area contributed by atoms with Crippen molar-refractivity contribution in [1.29, 1.82) is 0 Å². The smallest absolute Gasteiger partial charge is 0.230 e. The van der Waals surface area contributed by atoms with Crippen LogP contribution in [-0.2, 0) is 13.0 Å². The Morgan fingerprint density at radius 1 is 1.14 bits per heavy atom. The molecule has 1 fully saturated rings. The van der Waals surface area contributed by atoms with Crippen molar-refractivity contribution >= 4 is 0 Å². The maximum absolute atomic E-state index is 6.37. The minimum Gasteiger partial charge on any atom is -0.487 e. The lowest BCUT2D eigenvalue weighted by Crippen LogP contribution is -2.49. The van der Waals surface area contributed by atoms with Crippen molar-refractivity contribution in [3.8, 4) is 5.75 Å². The third kappa shape index (κ3) is 2.53. The highest BCUT2D eigenvalue weighted by Gasteiger charge is 2.39. The molecule has 2 aliphatic rings. The first-order chi connectivity index (χ1) is 10.3. The highest BCUT2D eigenvalue weighted by molar-refractivity contribution is 5.36. The molecular weight excluding hydrogens is 266 g/mol. The van der Waals surface area contributed by atoms with Crippen LogP contribution in [-0.4, -0.2) is 33.8 Å². The molecule has 0 N–H and O–H groups in total. The molecule has 5 heteroatoms. The van der Waals surface area contributed by atoms with E-state index in [1.807, 2.05) is 0 Å². The molecule has 1 aromatic heterocycles. The number of likely N-dealkylation sites (tertiary alicyclic amines) is 1. The highest BCUT2D eigenvalue weighted by Crippen LogP contribution is 2.39. The van der Waals surface area contributed by atoms with Crippen molar-refractivity contribution in [1.82, 2.24) is 15.1 Å². The van der Waals surface area contributed by atoms with E-state index in [1.54, 1.807) is 0 Å². The van der Waals surface area contributed by atoms with E-state index >= 15 is 0 Å². The Kier molecular flexibility index (Phi) is 3.15. The van der Waals surface area contributed by atoms with Gasteiger partial charge in [-0.25, -0.2) is 0 Å². The molecule has 0 saturated carbocycles. The molecule has 2 aliphatic heterocycles. The number of hydrogen-bond donors (Lipinski definition) is 0. The second kappa shape index (κ2) is 5.15. The third-order valence-electron chi connectivity index (χ3n) is 4.68. The van der Waals surface area contributed by atoms with E-state index in [0.717, 1.165) is 51.1 Å². The van der Waals surface area contributed by atoms with Crippen molar-refractivity contribution in [2.24, 2.45) is 0 Å². The number of rotatable bonds is 2. The number of ether oxygens (including phenoxy) is 1. The lowest BCUT2D eigenvalue weighted by molar-refractivity contribution is -0.0179. The van der Waals surface area contributed by atoms with Crippen LogP contribution in [0.1, 0.15) is 30.7 Å². The van der Waals surface area contributed by atoms with Gasteiger partial charge in [0.1, 0.15) is 11.4 Å². The van der Waals surface area contributed by atoms with Crippen LogP contribution in [0.4, 0.5) is 0 Å². The van der Waals surface area contributed by atoms with E-state index in [0.29, 0.717) is 5.89 Å². The van der Waals surface area contributed by atoms with Crippen LogP contribution in [0.15, 0.2) is 35.1 Å². The summed E-state index contributed by atoms with van der Waals surface area (Å²) in [6, 6.07) is 8.42. The zero-order valence-corrected chi connectivity index (χ0v) is 12.0. The zero-order valence-electron chi connectivity index (χ0n) is 12.0. The van der Waals surface area contributed by atoms with Gasteiger partial charge in [-0.1, -0.05) is 18.2 Å². The number of fused-ring (bicyclic) bond motifs is 1. The number of aromatic nitrogens is 2. The molecule has 1 aromatic carbocycles. The van der Waals surface area contributed by atoms with Gasteiger partial charge in [-0.2, -0.15) is 0 Å². The van der Waals surface area contributed by atoms with E-state index in [9.17, 15) is 0 Å². The molecule has 0 bridgehead atoms. The first-order valence-corrected chi connectivity index (χ1v) is 7.57. The van der Waals surface area contributed by atoms with Crippen molar-refractivity contribution in [2.45, 2.75) is 37.8 Å². The molecule has 0 amide bonds. The number of hydrogen-bond acceptors (Lipinski definition) is 5. The van der Waals surface area contributed by atoms with Crippen LogP contribution in [0.2, 0.25) is 0 Å². The minimum atomic E-state index is 0.0275. The zero-order chi connectivity index (χ0) is 14.1. The SMILES string of the molecule is c1ccc2c(c1)CCC1(CCN(Cc3nnco3)CC1)O2. The second-order valence-electron chi connectivity index (χ2n) is 6.00. The third-order valence-corrected chi connectivity index (χ3v) is 4.68. The van der Waals surface area contributed by atoms with Crippen molar-refractivity contribution in [3.63, 3.8) is 0 Å². The topological polar surface area (TPSA) is 51.4 Å². The van der Waals surface area contributed by atoms with Crippen LogP contribution < -0.4 is 4.74 Å². The Labute approximate surface area is 123 Å². The maximum Gasteiger partial charge on any atom is 0.230 e. The molecule has 0 unspecified atom stereocenters. The average molecular weight is 285 g/mol. The number of aryl methyl sites for hydroxylation is 1. The van der Waals surface area contributed by atoms with Crippen LogP contribution in [0.25, 0.3) is 0 Å². The fourth-order valence-corrected chi connectivity index (χ4v) is 3.38. The number of nitrogens with zero attached hydrogens (tertiary/aromatic N) is 3. The van der Waals surface area contributed by atoms with Gasteiger partial charge in [-0.15, -0.1) is 10.2 Å². The Hall–Kier alpha value is -1.88. The van der Waals surface area contributed by atoms with E-state index in [2.05, 4.69) is 39.4 Å². The van der Waals surface area contributed by atoms with Gasteiger partial charge >= 0.3 is 0 Å². The van der Waals surface area contributed by atoms with Gasteiger partial charge in [-0.05, 0) is 37.3 Å². The maximum atomic E-state index is 6.37. The van der Waals surface area contributed by atoms with Gasteiger partial charge in [0.2, 0.25) is 12.3 Å². The number of benzene rings is 1. The summed E-state index contributed by atoms with van der Waals surface area (Å²) in [5.74, 6) is 1.77. The molecule has 0 radical (unpaired) electrons. The minimum absolute atomic E-state index is 0.0275. The average Bonchev–Trinajstić information content (AvgIpc) is 3.03. The van der Waals surface area contributed by atoms with Gasteiger partial charge in [-0.3, -0.25) is 4.90 Å². The largest absolute Gasteiger partial charge is 0.487 e. The van der Waals surface area contributed by atoms with Crippen molar-refractivity contribution < 1.29 is 9.15 Å². The Balaban J connectivity index is 1.41. The van der Waals surface area contributed by atoms with Crippen LogP contribution in [0.3, 0.4) is 0 Å². The molecule has 5 nitrogen and oxygen atoms in total. The molecule has 4 rings (SSSR count). The fraction of sp³-hybridized carbons (Fsp3) is 0.500. The van der Waals surface area contributed by atoms with Crippen LogP contribution in [0.5, 0.6) is 5.75 Å². The predicted molar refractivity (Wildman–Crippen MR) is 76.9 cm³/mol. The summed E-state index contributed by atoms with van der Waals surface area (Å²) in [6.45, 7) is 2.78. The predicted octanol–water partition coefficient (Wildman–Crippen LogP) is 2.43. The van der Waals surface area contributed by atoms with Gasteiger partial charge in [0, 0.05) is 13.1 Å². The van der Waals surface area contributed by atoms with Gasteiger partial charge in [0.05, 0.1) is 6.54 Å². The molecule has 0 aliphatic carbocycles. The molecule has 0 atom stereocenters. The molecule has 1 saturated heterocycles. The molecular formula is C16H19N3O2. The highest BCUT2D eigenvalue weighted by atomic mass is 16.5. The Morgan fingerprint density at radius 2 is 2.00 bits per heavy atom. The lowest BCUT2D eigenvalue weighted by atomic mass is 9.83. The first kappa shape index (κ1) is 12.8. The van der Waals surface area contributed by atoms with Gasteiger partial charge in [0.25, 0.3) is 0 Å². The monoisotopic (exact) mass is 285 g/mol. The number of piperidine rings is 1. The van der Waals surface area contributed by atoms with Crippen LogP contribution in [0, 0.1) is 0 Å². The summed E-state index contributed by atoms with van der Waals surface area (Å²) in [6.07, 6.45) is 5.77. The van der Waals surface area contributed by atoms with Gasteiger partial charge in [0.15, 0.2) is 0 Å². The summed E-state index contributed by atoms with van der Waals surface area (Å²) in [7, 11) is 0. The van der Waals surface area contributed by atoms with Gasteiger partial charge < -0.3 is 9.15 Å². The Bertz CT molecular complexity index is 604.